The Hall–Kier alpha value is -3.77. The van der Waals surface area contributed by atoms with Crippen molar-refractivity contribution >= 4 is 21.6 Å². The second kappa shape index (κ2) is 11.1. The van der Waals surface area contributed by atoms with Gasteiger partial charge in [0.25, 0.3) is 11.6 Å². The zero-order chi connectivity index (χ0) is 29.3. The molecule has 1 aromatic heterocycles. The number of nitrogens with zero attached hydrogens (tertiary/aromatic N) is 3. The van der Waals surface area contributed by atoms with E-state index >= 15 is 0 Å². The van der Waals surface area contributed by atoms with Gasteiger partial charge in [0.1, 0.15) is 10.6 Å². The van der Waals surface area contributed by atoms with Crippen LogP contribution in [0.4, 0.5) is 5.69 Å². The van der Waals surface area contributed by atoms with Gasteiger partial charge in [-0.3, -0.25) is 14.9 Å². The van der Waals surface area contributed by atoms with Crippen molar-refractivity contribution in [1.82, 2.24) is 19.8 Å². The fourth-order valence-electron chi connectivity index (χ4n) is 3.79. The van der Waals surface area contributed by atoms with E-state index in [-0.39, 0.29) is 23.4 Å². The molecule has 0 aliphatic heterocycles. The Morgan fingerprint density at radius 3 is 2.41 bits per heavy atom. The number of nitro groups is 1. The summed E-state index contributed by atoms with van der Waals surface area (Å²) in [4.78, 5) is 23.5. The summed E-state index contributed by atoms with van der Waals surface area (Å²) in [5.74, 6) is -0.443. The Kier molecular flexibility index (Phi) is 8.51. The zero-order valence-corrected chi connectivity index (χ0v) is 24.3. The summed E-state index contributed by atoms with van der Waals surface area (Å²) in [6.45, 7) is 14.2. The predicted molar refractivity (Wildman–Crippen MR) is 148 cm³/mol. The van der Waals surface area contributed by atoms with Gasteiger partial charge in [-0.25, -0.2) is 13.1 Å². The van der Waals surface area contributed by atoms with Gasteiger partial charge in [-0.1, -0.05) is 19.1 Å². The molecular weight excluding hydrogens is 522 g/mol. The first-order chi connectivity index (χ1) is 18.0. The van der Waals surface area contributed by atoms with E-state index in [1.165, 1.54) is 10.7 Å². The van der Waals surface area contributed by atoms with Crippen molar-refractivity contribution in [3.05, 3.63) is 68.9 Å². The number of rotatable bonds is 9. The molecule has 0 saturated carbocycles. The van der Waals surface area contributed by atoms with E-state index in [4.69, 9.17) is 4.74 Å². The predicted octanol–water partition coefficient (Wildman–Crippen LogP) is 5.10. The molecule has 1 heterocycles. The number of sulfonamides is 1. The number of aryl methyl sites for hydroxylation is 2. The highest BCUT2D eigenvalue weighted by atomic mass is 32.2. The van der Waals surface area contributed by atoms with Gasteiger partial charge in [-0.15, -0.1) is 0 Å². The van der Waals surface area contributed by atoms with Crippen LogP contribution in [-0.2, 0) is 10.0 Å². The number of ether oxygens (including phenoxy) is 1. The van der Waals surface area contributed by atoms with E-state index in [2.05, 4.69) is 15.1 Å². The van der Waals surface area contributed by atoms with Crippen LogP contribution in [0, 0.1) is 30.9 Å². The van der Waals surface area contributed by atoms with Crippen LogP contribution in [0.25, 0.3) is 5.69 Å². The van der Waals surface area contributed by atoms with E-state index < -0.39 is 37.0 Å². The lowest BCUT2D eigenvalue weighted by molar-refractivity contribution is -0.385. The third-order valence-corrected chi connectivity index (χ3v) is 7.72. The number of carbonyl (C=O) groups is 1. The van der Waals surface area contributed by atoms with Crippen molar-refractivity contribution in [2.24, 2.45) is 0 Å². The third kappa shape index (κ3) is 6.82. The van der Waals surface area contributed by atoms with Gasteiger partial charge in [0, 0.05) is 29.3 Å². The molecule has 11 nitrogen and oxygen atoms in total. The first-order valence-corrected chi connectivity index (χ1v) is 14.0. The second-order valence-electron chi connectivity index (χ2n) is 10.6. The molecular formula is C27H35N5O6S. The molecule has 3 rings (SSSR count). The van der Waals surface area contributed by atoms with E-state index in [1.54, 1.807) is 27.7 Å². The molecule has 2 aromatic carbocycles. The number of non-ortho nitro benzene ring substituents is 1. The number of carbonyl (C=O) groups excluding carboxylic acids is 1. The molecule has 0 fully saturated rings. The minimum Gasteiger partial charge on any atom is -0.437 e. The molecule has 0 radical (unpaired) electrons. The van der Waals surface area contributed by atoms with Crippen LogP contribution in [0.1, 0.15) is 68.2 Å². The fraction of sp³-hybridized carbons (Fsp3) is 0.407. The average molecular weight is 558 g/mol. The van der Waals surface area contributed by atoms with Crippen LogP contribution in [-0.4, -0.2) is 40.6 Å². The van der Waals surface area contributed by atoms with E-state index in [0.29, 0.717) is 11.3 Å². The Morgan fingerprint density at radius 2 is 1.82 bits per heavy atom. The Balaban J connectivity index is 2.26. The first-order valence-electron chi connectivity index (χ1n) is 12.5. The molecule has 0 spiro atoms. The van der Waals surface area contributed by atoms with Crippen LogP contribution in [0.3, 0.4) is 0 Å². The summed E-state index contributed by atoms with van der Waals surface area (Å²) in [6, 6.07) is 8.96. The fourth-order valence-corrected chi connectivity index (χ4v) is 5.35. The van der Waals surface area contributed by atoms with Gasteiger partial charge < -0.3 is 10.1 Å². The van der Waals surface area contributed by atoms with Crippen LogP contribution < -0.4 is 14.8 Å². The van der Waals surface area contributed by atoms with Gasteiger partial charge >= 0.3 is 0 Å². The van der Waals surface area contributed by atoms with Gasteiger partial charge in [0.2, 0.25) is 15.9 Å². The van der Waals surface area contributed by atoms with Crippen molar-refractivity contribution in [2.45, 2.75) is 78.3 Å². The number of nitro benzene ring substituents is 1. The van der Waals surface area contributed by atoms with Crippen molar-refractivity contribution in [1.29, 1.82) is 0 Å². The summed E-state index contributed by atoms with van der Waals surface area (Å²) in [7, 11) is -4.25. The Morgan fingerprint density at radius 1 is 1.15 bits per heavy atom. The molecule has 39 heavy (non-hydrogen) atoms. The minimum atomic E-state index is -4.25. The molecule has 1 unspecified atom stereocenters. The summed E-state index contributed by atoms with van der Waals surface area (Å²) in [5, 5.41) is 18.9. The highest BCUT2D eigenvalue weighted by Crippen LogP contribution is 2.36. The standard InChI is InChI=1S/C27H35N5O6S/c1-9-18(4)28-25(33)24-19(5)26(31(29-24)21-14-16(2)10-11-17(21)3)38-22-13-12-20(32(34)35)15-23(22)39(36,37)30-27(6,7)8/h10-15,18,30H,9H2,1-8H3,(H,28,33). The lowest BCUT2D eigenvalue weighted by Crippen LogP contribution is -2.40. The van der Waals surface area contributed by atoms with Crippen molar-refractivity contribution in [2.75, 3.05) is 0 Å². The summed E-state index contributed by atoms with van der Waals surface area (Å²) < 4.78 is 36.8. The lowest BCUT2D eigenvalue weighted by atomic mass is 10.1. The highest BCUT2D eigenvalue weighted by molar-refractivity contribution is 7.89. The maximum atomic E-state index is 13.3. The molecule has 0 aliphatic carbocycles. The van der Waals surface area contributed by atoms with E-state index in [1.807, 2.05) is 45.9 Å². The number of aromatic nitrogens is 2. The van der Waals surface area contributed by atoms with E-state index in [0.717, 1.165) is 29.7 Å². The van der Waals surface area contributed by atoms with Gasteiger partial charge in [0.15, 0.2) is 5.69 Å². The first kappa shape index (κ1) is 29.8. The van der Waals surface area contributed by atoms with Crippen LogP contribution in [0.2, 0.25) is 0 Å². The molecule has 0 saturated heterocycles. The summed E-state index contributed by atoms with van der Waals surface area (Å²) in [6.07, 6.45) is 0.719. The van der Waals surface area contributed by atoms with Crippen molar-refractivity contribution < 1.29 is 22.9 Å². The van der Waals surface area contributed by atoms with Crippen LogP contribution in [0.15, 0.2) is 41.3 Å². The van der Waals surface area contributed by atoms with Crippen LogP contribution >= 0.6 is 0 Å². The number of benzene rings is 2. The molecule has 0 bridgehead atoms. The van der Waals surface area contributed by atoms with Gasteiger partial charge in [-0.05, 0) is 78.1 Å². The molecule has 0 aliphatic rings. The molecule has 12 heteroatoms. The quantitative estimate of drug-likeness (QED) is 0.275. The second-order valence-corrected chi connectivity index (χ2v) is 12.3. The number of hydrogen-bond donors (Lipinski definition) is 2. The monoisotopic (exact) mass is 557 g/mol. The maximum absolute atomic E-state index is 13.3. The van der Waals surface area contributed by atoms with Gasteiger partial charge in [-0.2, -0.15) is 9.78 Å². The van der Waals surface area contributed by atoms with E-state index in [9.17, 15) is 23.3 Å². The minimum absolute atomic E-state index is 0.0954. The topological polar surface area (TPSA) is 145 Å². The lowest BCUT2D eigenvalue weighted by Gasteiger charge is -2.21. The Bertz CT molecular complexity index is 1520. The smallest absolute Gasteiger partial charge is 0.272 e. The average Bonchev–Trinajstić information content (AvgIpc) is 3.14. The van der Waals surface area contributed by atoms with Crippen LogP contribution in [0.5, 0.6) is 11.6 Å². The SMILES string of the molecule is CCC(C)NC(=O)c1nn(-c2cc(C)ccc2C)c(Oc2ccc([N+](=O)[O-])cc2S(=O)(=O)NC(C)(C)C)c1C. The largest absolute Gasteiger partial charge is 0.437 e. The summed E-state index contributed by atoms with van der Waals surface area (Å²) in [5.41, 5.74) is 1.63. The molecule has 2 N–H and O–H groups in total. The Labute approximate surface area is 228 Å². The molecule has 1 amide bonds. The molecule has 1 atom stereocenters. The molecule has 210 valence electrons. The number of nitrogens with one attached hydrogen (secondary N) is 2. The summed E-state index contributed by atoms with van der Waals surface area (Å²) >= 11 is 0. The van der Waals surface area contributed by atoms with Crippen molar-refractivity contribution in [3.8, 4) is 17.3 Å². The van der Waals surface area contributed by atoms with Crippen molar-refractivity contribution in [3.63, 3.8) is 0 Å². The normalized spacial score (nSPS) is 12.7. The third-order valence-electron chi connectivity index (χ3n) is 5.94. The number of hydrogen-bond acceptors (Lipinski definition) is 7. The number of amides is 1. The highest BCUT2D eigenvalue weighted by Gasteiger charge is 2.30. The van der Waals surface area contributed by atoms with Gasteiger partial charge in [0.05, 0.1) is 10.6 Å². The zero-order valence-electron chi connectivity index (χ0n) is 23.4. The molecule has 3 aromatic rings. The maximum Gasteiger partial charge on any atom is 0.272 e.